The van der Waals surface area contributed by atoms with Gasteiger partial charge in [0.05, 0.1) is 43.3 Å². The normalized spacial score (nSPS) is 45.2. The number of hydrogen-bond acceptors (Lipinski definition) is 8. The molecule has 7 rings (SSSR count). The van der Waals surface area contributed by atoms with Crippen molar-refractivity contribution < 1.29 is 37.3 Å². The number of morpholine rings is 1. The van der Waals surface area contributed by atoms with Crippen molar-refractivity contribution in [1.29, 1.82) is 0 Å². The first kappa shape index (κ1) is 45.0. The van der Waals surface area contributed by atoms with Crippen molar-refractivity contribution in [2.24, 2.45) is 56.7 Å². The van der Waals surface area contributed by atoms with Crippen LogP contribution in [0.5, 0.6) is 0 Å². The zero-order chi connectivity index (χ0) is 41.0. The first-order chi connectivity index (χ1) is 25.1. The molecule has 2 heterocycles. The van der Waals surface area contributed by atoms with Crippen LogP contribution in [0.25, 0.3) is 0 Å². The lowest BCUT2D eigenvalue weighted by Gasteiger charge is -2.63. The monoisotopic (exact) mass is 776 g/mol. The molecule has 0 bridgehead atoms. The van der Waals surface area contributed by atoms with Crippen molar-refractivity contribution in [3.8, 4) is 25.7 Å². The molecule has 7 aliphatic rings. The summed E-state index contributed by atoms with van der Waals surface area (Å²) in [4.78, 5) is 12.1. The van der Waals surface area contributed by atoms with Crippen molar-refractivity contribution in [1.82, 2.24) is 4.31 Å². The van der Waals surface area contributed by atoms with Crippen molar-refractivity contribution in [2.45, 2.75) is 164 Å². The average Bonchev–Trinajstić information content (AvgIpc) is 3.53. The Hall–Kier alpha value is -1.66. The van der Waals surface area contributed by atoms with Gasteiger partial charge in [-0.1, -0.05) is 55.4 Å². The number of carbonyl (C=O) groups excluding carboxylic acids is 1. The molecule has 5 aliphatic carbocycles. The Bertz CT molecular complexity index is 1500. The molecule has 2 spiro atoms. The topological polar surface area (TPSA) is 112 Å². The van der Waals surface area contributed by atoms with Crippen LogP contribution >= 0.6 is 0 Å². The van der Waals surface area contributed by atoms with Gasteiger partial charge in [-0.15, -0.1) is 25.7 Å². The third kappa shape index (κ3) is 6.69. The van der Waals surface area contributed by atoms with Gasteiger partial charge in [0, 0.05) is 13.5 Å². The van der Waals surface area contributed by atoms with Crippen LogP contribution in [-0.4, -0.2) is 86.1 Å². The van der Waals surface area contributed by atoms with Gasteiger partial charge in [-0.3, -0.25) is 4.79 Å². The quantitative estimate of drug-likeness (QED) is 0.221. The molecule has 0 aromatic heterocycles. The zero-order valence-corrected chi connectivity index (χ0v) is 36.3. The third-order valence-corrected chi connectivity index (χ3v) is 17.7. The van der Waals surface area contributed by atoms with Crippen LogP contribution in [0.15, 0.2) is 0 Å². The van der Waals surface area contributed by atoms with Gasteiger partial charge < -0.3 is 24.1 Å². The first-order valence-electron chi connectivity index (χ1n) is 20.6. The second-order valence-electron chi connectivity index (χ2n) is 19.1. The number of fused-ring (bicyclic) bond motifs is 4. The van der Waals surface area contributed by atoms with Crippen molar-refractivity contribution in [3.63, 3.8) is 0 Å². The Labute approximate surface area is 328 Å². The summed E-state index contributed by atoms with van der Waals surface area (Å²) in [5.41, 5.74) is -0.298. The second kappa shape index (κ2) is 15.6. The summed E-state index contributed by atoms with van der Waals surface area (Å²) in [7, 11) is -3.29. The highest BCUT2D eigenvalue weighted by Gasteiger charge is 2.86. The molecule has 2 saturated heterocycles. The van der Waals surface area contributed by atoms with E-state index in [0.29, 0.717) is 53.6 Å². The summed E-state index contributed by atoms with van der Waals surface area (Å²) in [5, 5.41) is 11.0. The molecule has 5 saturated carbocycles. The number of sulfonamides is 1. The summed E-state index contributed by atoms with van der Waals surface area (Å²) in [5.74, 6) is 2.32. The molecule has 0 aromatic rings. The fourth-order valence-electron chi connectivity index (χ4n) is 14.5. The predicted octanol–water partition coefficient (Wildman–Crippen LogP) is 7.31. The Morgan fingerprint density at radius 2 is 1.54 bits per heavy atom. The number of aliphatic hydroxyl groups is 1. The lowest BCUT2D eigenvalue weighted by atomic mass is 9.41. The van der Waals surface area contributed by atoms with E-state index in [9.17, 15) is 18.3 Å². The standard InChI is InChI=1S/C38H63NO8S.C2H6.2C2H2/c1-22-19-25(32(34(6,7)41)45-24(3)40)46-26-20-36(9)28-12-11-27-33(4,5)29(47-30-21-39(17-18-44-30)48(10,42)43)13-14-37(27)23(2)38(28,37)16-15-35(36,8)31(22)26;3*1-2/h22-23,25-32,41H,11-21H2,1-10H3;1-2H3;2*1-2H/t22-,23-,25-,26-,27?,28+,29+,30?,31?,32+,35-,36+,37?,38+;;;/m1.../s1. The van der Waals surface area contributed by atoms with Crippen LogP contribution in [0.1, 0.15) is 128 Å². The molecule has 14 atom stereocenters. The molecular weight excluding hydrogens is 703 g/mol. The largest absolute Gasteiger partial charge is 0.457 e. The highest BCUT2D eigenvalue weighted by atomic mass is 32.2. The predicted molar refractivity (Wildman–Crippen MR) is 213 cm³/mol. The lowest BCUT2D eigenvalue weighted by Crippen LogP contribution is -2.59. The van der Waals surface area contributed by atoms with Gasteiger partial charge in [0.1, 0.15) is 0 Å². The maximum atomic E-state index is 12.3. The van der Waals surface area contributed by atoms with Gasteiger partial charge in [-0.05, 0) is 122 Å². The fourth-order valence-corrected chi connectivity index (χ4v) is 15.3. The van der Waals surface area contributed by atoms with Crippen molar-refractivity contribution >= 4 is 16.0 Å². The maximum absolute atomic E-state index is 12.3. The number of terminal acetylenes is 2. The molecule has 4 unspecified atom stereocenters. The van der Waals surface area contributed by atoms with Crippen LogP contribution in [0.3, 0.4) is 0 Å². The van der Waals surface area contributed by atoms with Crippen LogP contribution in [-0.2, 0) is 33.8 Å². The van der Waals surface area contributed by atoms with E-state index in [0.717, 1.165) is 25.7 Å². The summed E-state index contributed by atoms with van der Waals surface area (Å²) in [6.45, 7) is 24.8. The molecule has 308 valence electrons. The molecule has 10 heteroatoms. The van der Waals surface area contributed by atoms with Crippen molar-refractivity contribution in [3.05, 3.63) is 0 Å². The summed E-state index contributed by atoms with van der Waals surface area (Å²) >= 11 is 0. The molecule has 0 radical (unpaired) electrons. The third-order valence-electron chi connectivity index (χ3n) is 16.4. The Kier molecular flexibility index (Phi) is 13.0. The highest BCUT2D eigenvalue weighted by molar-refractivity contribution is 7.88. The molecule has 9 nitrogen and oxygen atoms in total. The number of carbonyl (C=O) groups is 1. The van der Waals surface area contributed by atoms with Gasteiger partial charge >= 0.3 is 5.97 Å². The highest BCUT2D eigenvalue weighted by Crippen LogP contribution is 2.91. The molecule has 0 amide bonds. The van der Waals surface area contributed by atoms with E-state index < -0.39 is 28.0 Å². The molecule has 7 fully saturated rings. The Morgan fingerprint density at radius 3 is 2.11 bits per heavy atom. The minimum atomic E-state index is -3.29. The molecule has 0 aromatic carbocycles. The molecule has 54 heavy (non-hydrogen) atoms. The van der Waals surface area contributed by atoms with E-state index in [1.165, 1.54) is 43.2 Å². The van der Waals surface area contributed by atoms with E-state index in [-0.39, 0.29) is 47.1 Å². The van der Waals surface area contributed by atoms with Crippen LogP contribution in [0.2, 0.25) is 0 Å². The van der Waals surface area contributed by atoms with E-state index in [1.807, 2.05) is 13.8 Å². The average molecular weight is 776 g/mol. The van der Waals surface area contributed by atoms with Gasteiger partial charge in [0.15, 0.2) is 12.4 Å². The molecule has 2 aliphatic heterocycles. The van der Waals surface area contributed by atoms with E-state index in [1.54, 1.807) is 13.8 Å². The second-order valence-corrected chi connectivity index (χ2v) is 21.0. The minimum absolute atomic E-state index is 0.0324. The maximum Gasteiger partial charge on any atom is 0.303 e. The summed E-state index contributed by atoms with van der Waals surface area (Å²) < 4.78 is 51.5. The smallest absolute Gasteiger partial charge is 0.303 e. The van der Waals surface area contributed by atoms with Crippen LogP contribution in [0, 0.1) is 82.4 Å². The number of hydrogen-bond donors (Lipinski definition) is 1. The SMILES string of the molecule is C#C.C#C.CC.CC(=O)O[C@@H]([C@H]1C[C@@H](C)C2[C@@H](C[C@@]3(C)[C@@H]4CCC5C(C)(C)[C@@H](OC6CN(S(C)(=O)=O)CCO6)CCC56[C@@H](C)[C@@]46CC[C@]23C)O1)C(C)(C)O. The van der Waals surface area contributed by atoms with Gasteiger partial charge in [0.25, 0.3) is 0 Å². The Balaban J connectivity index is 0.00000103. The van der Waals surface area contributed by atoms with E-state index >= 15 is 0 Å². The first-order valence-corrected chi connectivity index (χ1v) is 22.4. The molecule has 1 N–H and O–H groups in total. The van der Waals surface area contributed by atoms with Gasteiger partial charge in [0.2, 0.25) is 10.0 Å². The van der Waals surface area contributed by atoms with Gasteiger partial charge in [-0.2, -0.15) is 4.31 Å². The van der Waals surface area contributed by atoms with E-state index in [4.69, 9.17) is 18.9 Å². The number of ether oxygens (including phenoxy) is 4. The number of nitrogens with zero attached hydrogens (tertiary/aromatic N) is 1. The van der Waals surface area contributed by atoms with Crippen LogP contribution < -0.4 is 0 Å². The minimum Gasteiger partial charge on any atom is -0.457 e. The lowest BCUT2D eigenvalue weighted by molar-refractivity contribution is -0.242. The molecular formula is C44H73NO8S. The fraction of sp³-hybridized carbons (Fsp3) is 0.886. The summed E-state index contributed by atoms with van der Waals surface area (Å²) in [6.07, 6.45) is 24.7. The van der Waals surface area contributed by atoms with Gasteiger partial charge in [-0.25, -0.2) is 8.42 Å². The van der Waals surface area contributed by atoms with Crippen molar-refractivity contribution in [2.75, 3.05) is 26.0 Å². The summed E-state index contributed by atoms with van der Waals surface area (Å²) in [6, 6.07) is 0. The van der Waals surface area contributed by atoms with E-state index in [2.05, 4.69) is 67.2 Å². The number of rotatable bonds is 6. The Morgan fingerprint density at radius 1 is 0.944 bits per heavy atom. The number of esters is 1. The zero-order valence-electron chi connectivity index (χ0n) is 35.5. The van der Waals surface area contributed by atoms with Crippen LogP contribution in [0.4, 0.5) is 0 Å².